The lowest BCUT2D eigenvalue weighted by molar-refractivity contribution is 0.0818. The number of hydrogen-bond acceptors (Lipinski definition) is 3. The Kier molecular flexibility index (Phi) is 13.8. The molecule has 0 aromatic rings. The molecule has 0 rings (SSSR count). The lowest BCUT2D eigenvalue weighted by atomic mass is 9.77. The highest BCUT2D eigenvalue weighted by Gasteiger charge is 2.26. The monoisotopic (exact) mass is 287 g/mol. The first-order chi connectivity index (χ1) is 9.74. The van der Waals surface area contributed by atoms with Crippen molar-refractivity contribution in [3.63, 3.8) is 0 Å². The molecule has 1 unspecified atom stereocenters. The van der Waals surface area contributed by atoms with E-state index in [1.807, 2.05) is 0 Å². The van der Waals surface area contributed by atoms with Gasteiger partial charge in [0, 0.05) is 33.4 Å². The van der Waals surface area contributed by atoms with E-state index in [9.17, 15) is 0 Å². The summed E-state index contributed by atoms with van der Waals surface area (Å²) in [5.74, 6) is 0. The number of methoxy groups -OCH3 is 1. The average Bonchev–Trinajstić information content (AvgIpc) is 2.48. The van der Waals surface area contributed by atoms with E-state index in [1.54, 1.807) is 7.11 Å². The van der Waals surface area contributed by atoms with Gasteiger partial charge in [-0.3, -0.25) is 0 Å². The van der Waals surface area contributed by atoms with E-state index in [-0.39, 0.29) is 0 Å². The molecule has 0 radical (unpaired) electrons. The zero-order valence-corrected chi connectivity index (χ0v) is 14.3. The van der Waals surface area contributed by atoms with Gasteiger partial charge >= 0.3 is 0 Å². The second-order valence-corrected chi connectivity index (χ2v) is 5.84. The van der Waals surface area contributed by atoms with Gasteiger partial charge in [-0.1, -0.05) is 40.0 Å². The molecule has 0 bridgehead atoms. The maximum absolute atomic E-state index is 5.79. The Bertz CT molecular complexity index is 199. The highest BCUT2D eigenvalue weighted by atomic mass is 16.5. The minimum Gasteiger partial charge on any atom is -0.383 e. The van der Waals surface area contributed by atoms with Crippen LogP contribution in [0.4, 0.5) is 0 Å². The second kappa shape index (κ2) is 13.8. The Labute approximate surface area is 126 Å². The smallest absolute Gasteiger partial charge is 0.0587 e. The molecule has 0 aliphatic carbocycles. The molecule has 0 fully saturated rings. The van der Waals surface area contributed by atoms with E-state index in [0.717, 1.165) is 32.9 Å². The van der Waals surface area contributed by atoms with E-state index >= 15 is 0 Å². The van der Waals surface area contributed by atoms with Crippen molar-refractivity contribution in [3.05, 3.63) is 0 Å². The molecule has 20 heavy (non-hydrogen) atoms. The number of unbranched alkanes of at least 4 members (excludes halogenated alkanes) is 2. The number of nitrogens with one attached hydrogen (secondary N) is 1. The molecule has 1 atom stereocenters. The van der Waals surface area contributed by atoms with Gasteiger partial charge < -0.3 is 14.8 Å². The van der Waals surface area contributed by atoms with Gasteiger partial charge in [-0.2, -0.15) is 0 Å². The van der Waals surface area contributed by atoms with Crippen molar-refractivity contribution < 1.29 is 9.47 Å². The van der Waals surface area contributed by atoms with Crippen molar-refractivity contribution in [2.24, 2.45) is 5.41 Å². The quantitative estimate of drug-likeness (QED) is 0.462. The molecule has 0 aliphatic rings. The molecule has 0 aromatic heterocycles. The van der Waals surface area contributed by atoms with Crippen molar-refractivity contribution in [3.8, 4) is 0 Å². The van der Waals surface area contributed by atoms with Crippen LogP contribution in [0.3, 0.4) is 0 Å². The zero-order chi connectivity index (χ0) is 15.1. The first kappa shape index (κ1) is 19.9. The normalized spacial score (nSPS) is 14.4. The third-order valence-corrected chi connectivity index (χ3v) is 4.21. The van der Waals surface area contributed by atoms with E-state index in [0.29, 0.717) is 5.41 Å². The molecule has 0 heterocycles. The summed E-state index contributed by atoms with van der Waals surface area (Å²) < 4.78 is 10.9. The van der Waals surface area contributed by atoms with Gasteiger partial charge in [-0.15, -0.1) is 0 Å². The topological polar surface area (TPSA) is 30.5 Å². The third-order valence-electron chi connectivity index (χ3n) is 4.21. The summed E-state index contributed by atoms with van der Waals surface area (Å²) in [5.41, 5.74) is 0.399. The molecule has 0 saturated heterocycles. The largest absolute Gasteiger partial charge is 0.383 e. The van der Waals surface area contributed by atoms with Crippen LogP contribution >= 0.6 is 0 Å². The van der Waals surface area contributed by atoms with Crippen LogP contribution in [-0.4, -0.2) is 40.0 Å². The maximum atomic E-state index is 5.79. The standard InChI is InChI=1S/C17H37NO2/c1-5-8-10-17(7-3,16-18-12-15-19-4)11-14-20-13-9-6-2/h18H,5-16H2,1-4H3. The van der Waals surface area contributed by atoms with Crippen LogP contribution in [0.1, 0.15) is 65.7 Å². The van der Waals surface area contributed by atoms with Crippen LogP contribution in [-0.2, 0) is 9.47 Å². The van der Waals surface area contributed by atoms with Gasteiger partial charge in [-0.05, 0) is 31.1 Å². The van der Waals surface area contributed by atoms with Gasteiger partial charge in [-0.25, -0.2) is 0 Å². The van der Waals surface area contributed by atoms with Crippen LogP contribution in [0.5, 0.6) is 0 Å². The Morgan fingerprint density at radius 3 is 2.25 bits per heavy atom. The third kappa shape index (κ3) is 9.73. The van der Waals surface area contributed by atoms with Crippen molar-refractivity contribution in [2.75, 3.05) is 40.0 Å². The Morgan fingerprint density at radius 1 is 0.900 bits per heavy atom. The molecular weight excluding hydrogens is 250 g/mol. The minimum atomic E-state index is 0.399. The van der Waals surface area contributed by atoms with Gasteiger partial charge in [0.1, 0.15) is 0 Å². The molecule has 3 nitrogen and oxygen atoms in total. The fraction of sp³-hybridized carbons (Fsp3) is 1.00. The maximum Gasteiger partial charge on any atom is 0.0587 e. The van der Waals surface area contributed by atoms with E-state index < -0.39 is 0 Å². The molecular formula is C17H37NO2. The van der Waals surface area contributed by atoms with Crippen molar-refractivity contribution in [1.82, 2.24) is 5.32 Å². The van der Waals surface area contributed by atoms with Crippen LogP contribution in [0.15, 0.2) is 0 Å². The molecule has 1 N–H and O–H groups in total. The number of ether oxygens (including phenoxy) is 2. The van der Waals surface area contributed by atoms with Gasteiger partial charge in [0.2, 0.25) is 0 Å². The lowest BCUT2D eigenvalue weighted by Crippen LogP contribution is -2.36. The first-order valence-electron chi connectivity index (χ1n) is 8.52. The molecule has 0 spiro atoms. The van der Waals surface area contributed by atoms with Gasteiger partial charge in [0.25, 0.3) is 0 Å². The zero-order valence-electron chi connectivity index (χ0n) is 14.3. The molecule has 3 heteroatoms. The summed E-state index contributed by atoms with van der Waals surface area (Å²) in [7, 11) is 1.76. The first-order valence-corrected chi connectivity index (χ1v) is 8.52. The predicted octanol–water partition coefficient (Wildman–Crippen LogP) is 4.02. The van der Waals surface area contributed by atoms with Crippen LogP contribution in [0.25, 0.3) is 0 Å². The van der Waals surface area contributed by atoms with Crippen LogP contribution in [0.2, 0.25) is 0 Å². The van der Waals surface area contributed by atoms with Crippen LogP contribution in [0, 0.1) is 5.41 Å². The van der Waals surface area contributed by atoms with Crippen molar-refractivity contribution >= 4 is 0 Å². The van der Waals surface area contributed by atoms with E-state index in [1.165, 1.54) is 44.9 Å². The molecule has 122 valence electrons. The highest BCUT2D eigenvalue weighted by Crippen LogP contribution is 2.32. The van der Waals surface area contributed by atoms with Crippen molar-refractivity contribution in [2.45, 2.75) is 65.7 Å². The fourth-order valence-corrected chi connectivity index (χ4v) is 2.50. The summed E-state index contributed by atoms with van der Waals surface area (Å²) in [6.45, 7) is 11.5. The summed E-state index contributed by atoms with van der Waals surface area (Å²) >= 11 is 0. The Balaban J connectivity index is 4.12. The molecule has 0 aliphatic heterocycles. The summed E-state index contributed by atoms with van der Waals surface area (Å²) in [6, 6.07) is 0. The minimum absolute atomic E-state index is 0.399. The Morgan fingerprint density at radius 2 is 1.65 bits per heavy atom. The van der Waals surface area contributed by atoms with Gasteiger partial charge in [0.15, 0.2) is 0 Å². The summed E-state index contributed by atoms with van der Waals surface area (Å²) in [6.07, 6.45) is 8.69. The fourth-order valence-electron chi connectivity index (χ4n) is 2.50. The summed E-state index contributed by atoms with van der Waals surface area (Å²) in [4.78, 5) is 0. The average molecular weight is 287 g/mol. The van der Waals surface area contributed by atoms with E-state index in [2.05, 4.69) is 26.1 Å². The Hall–Kier alpha value is -0.120. The van der Waals surface area contributed by atoms with E-state index in [4.69, 9.17) is 9.47 Å². The number of hydrogen-bond donors (Lipinski definition) is 1. The second-order valence-electron chi connectivity index (χ2n) is 5.84. The predicted molar refractivity (Wildman–Crippen MR) is 87.3 cm³/mol. The lowest BCUT2D eigenvalue weighted by Gasteiger charge is -2.33. The number of rotatable bonds is 15. The summed E-state index contributed by atoms with van der Waals surface area (Å²) in [5, 5.41) is 3.56. The molecule has 0 amide bonds. The molecule has 0 saturated carbocycles. The van der Waals surface area contributed by atoms with Crippen molar-refractivity contribution in [1.29, 1.82) is 0 Å². The molecule has 0 aromatic carbocycles. The van der Waals surface area contributed by atoms with Crippen LogP contribution < -0.4 is 5.32 Å². The van der Waals surface area contributed by atoms with Gasteiger partial charge in [0.05, 0.1) is 6.61 Å². The highest BCUT2D eigenvalue weighted by molar-refractivity contribution is 4.80. The SMILES string of the molecule is CCCCOCCC(CC)(CCCC)CNCCOC.